The van der Waals surface area contributed by atoms with Crippen LogP contribution in [0, 0.1) is 0 Å². The van der Waals surface area contributed by atoms with E-state index in [0.29, 0.717) is 0 Å². The first-order chi connectivity index (χ1) is 23.1. The fourth-order valence-electron chi connectivity index (χ4n) is 7.84. The van der Waals surface area contributed by atoms with E-state index < -0.39 is 0 Å². The van der Waals surface area contributed by atoms with Crippen LogP contribution in [0.3, 0.4) is 0 Å². The first kappa shape index (κ1) is 27.7. The fraction of sp³-hybridized carbons (Fsp3) is 0.111. The maximum absolute atomic E-state index is 2.49. The molecule has 2 heteroatoms. The van der Waals surface area contributed by atoms with Crippen LogP contribution in [0.2, 0.25) is 0 Å². The van der Waals surface area contributed by atoms with Crippen molar-refractivity contribution in [1.29, 1.82) is 0 Å². The van der Waals surface area contributed by atoms with Crippen LogP contribution in [0.15, 0.2) is 158 Å². The number of allylic oxidation sites excluding steroid dienone is 4. The van der Waals surface area contributed by atoms with Crippen LogP contribution in [-0.4, -0.2) is 4.57 Å². The van der Waals surface area contributed by atoms with Gasteiger partial charge in [-0.1, -0.05) is 98.8 Å². The van der Waals surface area contributed by atoms with Crippen molar-refractivity contribution in [3.8, 4) is 16.8 Å². The van der Waals surface area contributed by atoms with Gasteiger partial charge in [0.2, 0.25) is 0 Å². The lowest BCUT2D eigenvalue weighted by molar-refractivity contribution is 0.661. The summed E-state index contributed by atoms with van der Waals surface area (Å²) in [6.07, 6.45) is 9.21. The molecule has 0 N–H and O–H groups in total. The van der Waals surface area contributed by atoms with Crippen LogP contribution < -0.4 is 4.90 Å². The molecular weight excluding hydrogens is 569 g/mol. The third-order valence-electron chi connectivity index (χ3n) is 10.2. The van der Waals surface area contributed by atoms with Crippen molar-refractivity contribution in [3.63, 3.8) is 0 Å². The molecule has 7 aromatic rings. The predicted octanol–water partition coefficient (Wildman–Crippen LogP) is 12.3. The molecule has 6 aromatic carbocycles. The monoisotopic (exact) mass is 604 g/mol. The van der Waals surface area contributed by atoms with Gasteiger partial charge in [-0.2, -0.15) is 0 Å². The van der Waals surface area contributed by atoms with Gasteiger partial charge in [0.25, 0.3) is 0 Å². The zero-order chi connectivity index (χ0) is 31.5. The van der Waals surface area contributed by atoms with Crippen molar-refractivity contribution in [2.75, 3.05) is 4.90 Å². The summed E-state index contributed by atoms with van der Waals surface area (Å²) in [5.74, 6) is 0. The minimum absolute atomic E-state index is 0.118. The molecule has 2 aliphatic rings. The number of hydrogen-bond acceptors (Lipinski definition) is 1. The third kappa shape index (κ3) is 4.40. The van der Waals surface area contributed by atoms with Gasteiger partial charge in [-0.3, -0.25) is 0 Å². The summed E-state index contributed by atoms with van der Waals surface area (Å²) in [7, 11) is 0. The van der Waals surface area contributed by atoms with Crippen molar-refractivity contribution in [2.45, 2.75) is 32.1 Å². The standard InChI is InChI=1S/C45H36N2/c1-45(2)41-27-32(31-15-7-3-8-16-31)23-25-37(41)38-30-44-40(29-42(38)45)39-28-36(24-26-43(39)47(44)35-21-13-6-14-22-35)46(33-17-9-4-10-18-33)34-19-11-5-12-20-34/h4-7,9-30H,3,8H2,1-2H3. The van der Waals surface area contributed by atoms with Gasteiger partial charge in [0.15, 0.2) is 0 Å². The lowest BCUT2D eigenvalue weighted by atomic mass is 9.81. The highest BCUT2D eigenvalue weighted by Gasteiger charge is 2.37. The Morgan fingerprint density at radius 2 is 1.21 bits per heavy atom. The van der Waals surface area contributed by atoms with E-state index in [-0.39, 0.29) is 5.41 Å². The second kappa shape index (κ2) is 10.7. The number of anilines is 3. The molecule has 0 fully saturated rings. The van der Waals surface area contributed by atoms with E-state index in [2.05, 4.69) is 181 Å². The molecule has 0 amide bonds. The minimum Gasteiger partial charge on any atom is -0.310 e. The molecule has 2 nitrogen and oxygen atoms in total. The first-order valence-electron chi connectivity index (χ1n) is 16.7. The second-order valence-corrected chi connectivity index (χ2v) is 13.3. The molecular formula is C45H36N2. The predicted molar refractivity (Wildman–Crippen MR) is 199 cm³/mol. The van der Waals surface area contributed by atoms with Crippen LogP contribution >= 0.6 is 0 Å². The number of rotatable bonds is 5. The van der Waals surface area contributed by atoms with Crippen LogP contribution in [0.1, 0.15) is 43.4 Å². The summed E-state index contributed by atoms with van der Waals surface area (Å²) >= 11 is 0. The SMILES string of the molecule is CC1(C)c2cc(C3=CCCC=C3)ccc2-c2cc3c(cc21)c1cc(N(c2ccccc2)c2ccccc2)ccc1n3-c1ccccc1. The lowest BCUT2D eigenvalue weighted by Gasteiger charge is -2.25. The summed E-state index contributed by atoms with van der Waals surface area (Å²) < 4.78 is 2.45. The van der Waals surface area contributed by atoms with Gasteiger partial charge in [0, 0.05) is 38.9 Å². The molecule has 0 saturated heterocycles. The molecule has 9 rings (SSSR count). The maximum atomic E-state index is 2.49. The Labute approximate surface area is 276 Å². The molecule has 0 spiro atoms. The van der Waals surface area contributed by atoms with Crippen LogP contribution in [-0.2, 0) is 5.41 Å². The van der Waals surface area contributed by atoms with Gasteiger partial charge in [0.05, 0.1) is 11.0 Å². The number of para-hydroxylation sites is 3. The molecule has 0 bridgehead atoms. The highest BCUT2D eigenvalue weighted by molar-refractivity contribution is 6.12. The highest BCUT2D eigenvalue weighted by atomic mass is 15.1. The van der Waals surface area contributed by atoms with Crippen LogP contribution in [0.5, 0.6) is 0 Å². The Hall–Kier alpha value is -5.60. The Kier molecular flexibility index (Phi) is 6.33. The van der Waals surface area contributed by atoms with Crippen molar-refractivity contribution in [2.24, 2.45) is 0 Å². The Morgan fingerprint density at radius 1 is 0.553 bits per heavy atom. The molecule has 0 radical (unpaired) electrons. The van der Waals surface area contributed by atoms with E-state index in [4.69, 9.17) is 0 Å². The van der Waals surface area contributed by atoms with E-state index in [1.165, 1.54) is 60.9 Å². The molecule has 226 valence electrons. The average Bonchev–Trinajstić information content (AvgIpc) is 3.56. The first-order valence-corrected chi connectivity index (χ1v) is 16.7. The number of benzene rings is 6. The van der Waals surface area contributed by atoms with Gasteiger partial charge in [-0.25, -0.2) is 0 Å². The lowest BCUT2D eigenvalue weighted by Crippen LogP contribution is -2.15. The number of fused-ring (bicyclic) bond motifs is 6. The molecule has 1 aromatic heterocycles. The fourth-order valence-corrected chi connectivity index (χ4v) is 7.84. The summed E-state index contributed by atoms with van der Waals surface area (Å²) in [5, 5.41) is 2.54. The zero-order valence-electron chi connectivity index (χ0n) is 26.8. The van der Waals surface area contributed by atoms with Crippen molar-refractivity contribution < 1.29 is 0 Å². The van der Waals surface area contributed by atoms with E-state index >= 15 is 0 Å². The second-order valence-electron chi connectivity index (χ2n) is 13.3. The van der Waals surface area contributed by atoms with Crippen molar-refractivity contribution >= 4 is 44.4 Å². The summed E-state index contributed by atoms with van der Waals surface area (Å²) in [5.41, 5.74) is 15.1. The molecule has 1 heterocycles. The van der Waals surface area contributed by atoms with Crippen LogP contribution in [0.4, 0.5) is 17.1 Å². The van der Waals surface area contributed by atoms with Gasteiger partial charge in [-0.05, 0) is 119 Å². The topological polar surface area (TPSA) is 8.17 Å². The maximum Gasteiger partial charge on any atom is 0.0547 e. The number of aromatic nitrogens is 1. The largest absolute Gasteiger partial charge is 0.310 e. The van der Waals surface area contributed by atoms with E-state index in [1.807, 2.05) is 0 Å². The molecule has 0 unspecified atom stereocenters. The van der Waals surface area contributed by atoms with Gasteiger partial charge in [0.1, 0.15) is 0 Å². The molecule has 47 heavy (non-hydrogen) atoms. The van der Waals surface area contributed by atoms with E-state index in [1.54, 1.807) is 0 Å². The smallest absolute Gasteiger partial charge is 0.0547 e. The minimum atomic E-state index is -0.118. The molecule has 0 aliphatic heterocycles. The van der Waals surface area contributed by atoms with E-state index in [0.717, 1.165) is 29.9 Å². The van der Waals surface area contributed by atoms with Crippen LogP contribution in [0.25, 0.3) is 44.2 Å². The third-order valence-corrected chi connectivity index (χ3v) is 10.2. The summed E-state index contributed by atoms with van der Waals surface area (Å²) in [4.78, 5) is 2.36. The molecule has 0 saturated carbocycles. The Bertz CT molecular complexity index is 2320. The van der Waals surface area contributed by atoms with Crippen molar-refractivity contribution in [3.05, 3.63) is 174 Å². The number of nitrogens with zero attached hydrogens (tertiary/aromatic N) is 2. The van der Waals surface area contributed by atoms with Crippen molar-refractivity contribution in [1.82, 2.24) is 4.57 Å². The zero-order valence-corrected chi connectivity index (χ0v) is 26.8. The van der Waals surface area contributed by atoms with Gasteiger partial charge >= 0.3 is 0 Å². The average molecular weight is 605 g/mol. The van der Waals surface area contributed by atoms with Gasteiger partial charge < -0.3 is 9.47 Å². The summed E-state index contributed by atoms with van der Waals surface area (Å²) in [6.45, 7) is 4.79. The Balaban J connectivity index is 1.29. The Morgan fingerprint density at radius 3 is 1.89 bits per heavy atom. The van der Waals surface area contributed by atoms with E-state index in [9.17, 15) is 0 Å². The number of hydrogen-bond donors (Lipinski definition) is 0. The van der Waals surface area contributed by atoms with Gasteiger partial charge in [-0.15, -0.1) is 0 Å². The molecule has 2 aliphatic carbocycles. The molecule has 0 atom stereocenters. The summed E-state index contributed by atoms with van der Waals surface area (Å²) in [6, 6.07) is 51.2. The normalized spacial score (nSPS) is 14.6. The highest BCUT2D eigenvalue weighted by Crippen LogP contribution is 2.52. The quantitative estimate of drug-likeness (QED) is 0.190.